The van der Waals surface area contributed by atoms with Crippen LogP contribution in [0.25, 0.3) is 0 Å². The van der Waals surface area contributed by atoms with Crippen molar-refractivity contribution >= 4 is 18.3 Å². The summed E-state index contributed by atoms with van der Waals surface area (Å²) < 4.78 is 5.79. The van der Waals surface area contributed by atoms with Gasteiger partial charge in [0.05, 0.1) is 12.1 Å². The number of benzene rings is 1. The van der Waals surface area contributed by atoms with E-state index in [2.05, 4.69) is 5.32 Å². The Morgan fingerprint density at radius 1 is 1.43 bits per heavy atom. The molecule has 1 aromatic carbocycles. The Morgan fingerprint density at radius 2 is 2.10 bits per heavy atom. The first-order chi connectivity index (χ1) is 9.49. The molecule has 0 aromatic heterocycles. The molecule has 1 fully saturated rings. The van der Waals surface area contributed by atoms with Crippen LogP contribution in [0.2, 0.25) is 0 Å². The molecule has 3 N–H and O–H groups in total. The number of carbonyl (C=O) groups is 1. The van der Waals surface area contributed by atoms with Crippen LogP contribution in [0.3, 0.4) is 0 Å². The summed E-state index contributed by atoms with van der Waals surface area (Å²) in [6.45, 7) is 4.45. The summed E-state index contributed by atoms with van der Waals surface area (Å²) >= 11 is 0. The summed E-state index contributed by atoms with van der Waals surface area (Å²) in [6, 6.07) is 7.90. The van der Waals surface area contributed by atoms with Crippen LogP contribution in [-0.2, 0) is 4.79 Å². The van der Waals surface area contributed by atoms with Crippen LogP contribution in [0.5, 0.6) is 5.75 Å². The van der Waals surface area contributed by atoms with Crippen molar-refractivity contribution in [3.63, 3.8) is 0 Å². The summed E-state index contributed by atoms with van der Waals surface area (Å²) in [5.74, 6) is 0.782. The standard InChI is InChI=1S/C16H24N2O2.ClH/c1-12-6-5-7-14(10-12)20-13(2)11-18-15(19)16(17)8-3-4-9-16;/h5-7,10,13H,3-4,8-9,11,17H2,1-2H3,(H,18,19);1H. The average molecular weight is 313 g/mol. The van der Waals surface area contributed by atoms with Gasteiger partial charge in [0.2, 0.25) is 5.91 Å². The van der Waals surface area contributed by atoms with Gasteiger partial charge in [0, 0.05) is 0 Å². The van der Waals surface area contributed by atoms with E-state index >= 15 is 0 Å². The van der Waals surface area contributed by atoms with Crippen molar-refractivity contribution in [1.82, 2.24) is 5.32 Å². The van der Waals surface area contributed by atoms with Gasteiger partial charge in [-0.15, -0.1) is 12.4 Å². The van der Waals surface area contributed by atoms with Gasteiger partial charge in [-0.2, -0.15) is 0 Å². The van der Waals surface area contributed by atoms with Crippen LogP contribution in [0.4, 0.5) is 0 Å². The number of rotatable bonds is 5. The van der Waals surface area contributed by atoms with Gasteiger partial charge in [-0.25, -0.2) is 0 Å². The molecule has 1 aliphatic carbocycles. The van der Waals surface area contributed by atoms with E-state index in [0.29, 0.717) is 6.54 Å². The maximum Gasteiger partial charge on any atom is 0.240 e. The lowest BCUT2D eigenvalue weighted by Gasteiger charge is -2.24. The van der Waals surface area contributed by atoms with Gasteiger partial charge in [0.25, 0.3) is 0 Å². The smallest absolute Gasteiger partial charge is 0.240 e. The third kappa shape index (κ3) is 4.90. The number of hydrogen-bond acceptors (Lipinski definition) is 3. The Bertz CT molecular complexity index is 473. The first-order valence-corrected chi connectivity index (χ1v) is 7.30. The molecule has 0 spiro atoms. The highest BCUT2D eigenvalue weighted by Crippen LogP contribution is 2.27. The Morgan fingerprint density at radius 3 is 2.71 bits per heavy atom. The van der Waals surface area contributed by atoms with E-state index < -0.39 is 5.54 Å². The fourth-order valence-electron chi connectivity index (χ4n) is 2.61. The molecule has 0 saturated heterocycles. The predicted octanol–water partition coefficient (Wildman–Crippen LogP) is 2.57. The number of carbonyl (C=O) groups excluding carboxylic acids is 1. The minimum Gasteiger partial charge on any atom is -0.489 e. The zero-order valence-electron chi connectivity index (χ0n) is 12.7. The molecule has 0 radical (unpaired) electrons. The molecule has 21 heavy (non-hydrogen) atoms. The molecule has 1 aromatic rings. The van der Waals surface area contributed by atoms with E-state index in [9.17, 15) is 4.79 Å². The molecule has 1 amide bonds. The Labute approximate surface area is 132 Å². The van der Waals surface area contributed by atoms with E-state index in [4.69, 9.17) is 10.5 Å². The van der Waals surface area contributed by atoms with Gasteiger partial charge in [0.15, 0.2) is 0 Å². The number of amides is 1. The number of ether oxygens (including phenoxy) is 1. The van der Waals surface area contributed by atoms with Gasteiger partial charge in [-0.1, -0.05) is 25.0 Å². The van der Waals surface area contributed by atoms with Crippen LogP contribution in [0.1, 0.15) is 38.2 Å². The minimum atomic E-state index is -0.664. The molecule has 0 heterocycles. The van der Waals surface area contributed by atoms with Crippen LogP contribution >= 0.6 is 12.4 Å². The van der Waals surface area contributed by atoms with Gasteiger partial charge in [0.1, 0.15) is 11.9 Å². The summed E-state index contributed by atoms with van der Waals surface area (Å²) in [7, 11) is 0. The largest absolute Gasteiger partial charge is 0.489 e. The molecule has 1 atom stereocenters. The first-order valence-electron chi connectivity index (χ1n) is 7.30. The summed E-state index contributed by atoms with van der Waals surface area (Å²) in [5, 5.41) is 2.91. The topological polar surface area (TPSA) is 64.3 Å². The molecule has 5 heteroatoms. The number of nitrogens with one attached hydrogen (secondary N) is 1. The minimum absolute atomic E-state index is 0. The van der Waals surface area contributed by atoms with Crippen molar-refractivity contribution in [3.05, 3.63) is 29.8 Å². The second-order valence-electron chi connectivity index (χ2n) is 5.82. The van der Waals surface area contributed by atoms with Gasteiger partial charge >= 0.3 is 0 Å². The van der Waals surface area contributed by atoms with Crippen molar-refractivity contribution in [2.45, 2.75) is 51.2 Å². The highest BCUT2D eigenvalue weighted by atomic mass is 35.5. The Kier molecular flexibility index (Phi) is 6.49. The van der Waals surface area contributed by atoms with Gasteiger partial charge in [-0.05, 0) is 44.4 Å². The molecule has 0 bridgehead atoms. The van der Waals surface area contributed by atoms with Crippen molar-refractivity contribution in [3.8, 4) is 5.75 Å². The molecule has 1 unspecified atom stereocenters. The molecule has 1 saturated carbocycles. The molecular formula is C16H25ClN2O2. The summed E-state index contributed by atoms with van der Waals surface area (Å²) in [4.78, 5) is 12.1. The van der Waals surface area contributed by atoms with E-state index in [1.165, 1.54) is 0 Å². The second kappa shape index (κ2) is 7.66. The lowest BCUT2D eigenvalue weighted by atomic mass is 9.98. The van der Waals surface area contributed by atoms with E-state index in [1.807, 2.05) is 38.1 Å². The third-order valence-corrected chi connectivity index (χ3v) is 3.82. The lowest BCUT2D eigenvalue weighted by Crippen LogP contribution is -2.53. The number of aryl methyl sites for hydroxylation is 1. The average Bonchev–Trinajstić information content (AvgIpc) is 2.84. The molecule has 2 rings (SSSR count). The molecule has 0 aliphatic heterocycles. The fourth-order valence-corrected chi connectivity index (χ4v) is 2.61. The van der Waals surface area contributed by atoms with Crippen LogP contribution < -0.4 is 15.8 Å². The molecule has 118 valence electrons. The molecular weight excluding hydrogens is 288 g/mol. The van der Waals surface area contributed by atoms with Gasteiger partial charge < -0.3 is 15.8 Å². The number of hydrogen-bond donors (Lipinski definition) is 2. The molecule has 4 nitrogen and oxygen atoms in total. The van der Waals surface area contributed by atoms with Crippen LogP contribution in [0, 0.1) is 6.92 Å². The summed E-state index contributed by atoms with van der Waals surface area (Å²) in [5.41, 5.74) is 6.60. The van der Waals surface area contributed by atoms with Crippen molar-refractivity contribution in [1.29, 1.82) is 0 Å². The van der Waals surface area contributed by atoms with Crippen molar-refractivity contribution < 1.29 is 9.53 Å². The van der Waals surface area contributed by atoms with Crippen LogP contribution in [-0.4, -0.2) is 24.1 Å². The van der Waals surface area contributed by atoms with Crippen molar-refractivity contribution in [2.75, 3.05) is 6.54 Å². The SMILES string of the molecule is Cc1cccc(OC(C)CNC(=O)C2(N)CCCC2)c1.Cl. The van der Waals surface area contributed by atoms with Crippen molar-refractivity contribution in [2.24, 2.45) is 5.73 Å². The highest BCUT2D eigenvalue weighted by Gasteiger charge is 2.36. The highest BCUT2D eigenvalue weighted by molar-refractivity contribution is 5.86. The zero-order chi connectivity index (χ0) is 14.6. The lowest BCUT2D eigenvalue weighted by molar-refractivity contribution is -0.126. The summed E-state index contributed by atoms with van der Waals surface area (Å²) in [6.07, 6.45) is 3.57. The maximum absolute atomic E-state index is 12.1. The fraction of sp³-hybridized carbons (Fsp3) is 0.562. The third-order valence-electron chi connectivity index (χ3n) is 3.82. The second-order valence-corrected chi connectivity index (χ2v) is 5.82. The van der Waals surface area contributed by atoms with Gasteiger partial charge in [-0.3, -0.25) is 4.79 Å². The Balaban J connectivity index is 0.00000220. The quantitative estimate of drug-likeness (QED) is 0.878. The maximum atomic E-state index is 12.1. The van der Waals surface area contributed by atoms with Crippen LogP contribution in [0.15, 0.2) is 24.3 Å². The number of halogens is 1. The van der Waals surface area contributed by atoms with E-state index in [1.54, 1.807) is 0 Å². The molecule has 1 aliphatic rings. The normalized spacial score (nSPS) is 17.7. The zero-order valence-corrected chi connectivity index (χ0v) is 13.5. The monoisotopic (exact) mass is 312 g/mol. The number of nitrogens with two attached hydrogens (primary N) is 1. The first kappa shape index (κ1) is 17.8. The Hall–Kier alpha value is -1.26. The predicted molar refractivity (Wildman–Crippen MR) is 86.9 cm³/mol. The van der Waals surface area contributed by atoms with E-state index in [0.717, 1.165) is 37.0 Å². The van der Waals surface area contributed by atoms with E-state index in [-0.39, 0.29) is 24.4 Å².